The highest BCUT2D eigenvalue weighted by molar-refractivity contribution is 4.88. The molecular formula is C17H34N2. The lowest BCUT2D eigenvalue weighted by Crippen LogP contribution is -2.48. The molecule has 2 nitrogen and oxygen atoms in total. The molecular weight excluding hydrogens is 232 g/mol. The monoisotopic (exact) mass is 266 g/mol. The molecule has 0 aromatic rings. The number of nitrogens with two attached hydrogens (primary N) is 1. The van der Waals surface area contributed by atoms with E-state index in [0.29, 0.717) is 6.04 Å². The van der Waals surface area contributed by atoms with Gasteiger partial charge in [-0.15, -0.1) is 0 Å². The van der Waals surface area contributed by atoms with Gasteiger partial charge in [-0.3, -0.25) is 11.3 Å². The van der Waals surface area contributed by atoms with Crippen LogP contribution in [0.3, 0.4) is 0 Å². The number of hydrogen-bond acceptors (Lipinski definition) is 2. The Balaban J connectivity index is 1.85. The molecule has 1 unspecified atom stereocenters. The molecule has 0 radical (unpaired) electrons. The van der Waals surface area contributed by atoms with Crippen LogP contribution in [-0.2, 0) is 0 Å². The summed E-state index contributed by atoms with van der Waals surface area (Å²) < 4.78 is 0. The Morgan fingerprint density at radius 3 is 1.63 bits per heavy atom. The van der Waals surface area contributed by atoms with Gasteiger partial charge in [-0.25, -0.2) is 0 Å². The van der Waals surface area contributed by atoms with Crippen LogP contribution in [0.1, 0.15) is 72.1 Å². The van der Waals surface area contributed by atoms with E-state index in [4.69, 9.17) is 5.84 Å². The Bertz CT molecular complexity index is 248. The first-order valence-corrected chi connectivity index (χ1v) is 8.58. The van der Waals surface area contributed by atoms with E-state index in [-0.39, 0.29) is 0 Å². The topological polar surface area (TPSA) is 38.0 Å². The quantitative estimate of drug-likeness (QED) is 0.593. The third-order valence-electron chi connectivity index (χ3n) is 6.03. The maximum absolute atomic E-state index is 5.91. The third-order valence-corrected chi connectivity index (χ3v) is 6.03. The first-order valence-electron chi connectivity index (χ1n) is 8.58. The van der Waals surface area contributed by atoms with Gasteiger partial charge in [0.25, 0.3) is 0 Å². The number of rotatable bonds is 4. The van der Waals surface area contributed by atoms with Crippen molar-refractivity contribution in [1.82, 2.24) is 5.43 Å². The maximum Gasteiger partial charge on any atom is 0.0267 e. The molecule has 2 heteroatoms. The molecule has 2 aliphatic rings. The third kappa shape index (κ3) is 3.95. The summed E-state index contributed by atoms with van der Waals surface area (Å²) in [6, 6.07) is 0.584. The molecule has 2 saturated carbocycles. The second kappa shape index (κ2) is 7.08. The highest BCUT2D eigenvalue weighted by atomic mass is 15.2. The zero-order valence-corrected chi connectivity index (χ0v) is 13.2. The van der Waals surface area contributed by atoms with Crippen molar-refractivity contribution < 1.29 is 0 Å². The first-order chi connectivity index (χ1) is 9.11. The van der Waals surface area contributed by atoms with Gasteiger partial charge in [0.15, 0.2) is 0 Å². The van der Waals surface area contributed by atoms with E-state index >= 15 is 0 Å². The van der Waals surface area contributed by atoms with Gasteiger partial charge in [-0.2, -0.15) is 0 Å². The van der Waals surface area contributed by atoms with E-state index in [2.05, 4.69) is 26.2 Å². The van der Waals surface area contributed by atoms with E-state index < -0.39 is 0 Å². The molecule has 0 saturated heterocycles. The molecule has 0 heterocycles. The van der Waals surface area contributed by atoms with Crippen molar-refractivity contribution in [3.8, 4) is 0 Å². The van der Waals surface area contributed by atoms with Crippen LogP contribution in [0.15, 0.2) is 0 Å². The van der Waals surface area contributed by atoms with Crippen molar-refractivity contribution in [2.24, 2.45) is 35.4 Å². The molecule has 3 N–H and O–H groups in total. The van der Waals surface area contributed by atoms with Crippen molar-refractivity contribution in [3.05, 3.63) is 0 Å². The second-order valence-electron chi connectivity index (χ2n) is 7.63. The van der Waals surface area contributed by atoms with Gasteiger partial charge in [-0.05, 0) is 68.1 Å². The molecule has 0 aromatic carbocycles. The predicted molar refractivity (Wildman–Crippen MR) is 82.5 cm³/mol. The molecule has 112 valence electrons. The van der Waals surface area contributed by atoms with Crippen molar-refractivity contribution in [2.45, 2.75) is 78.2 Å². The molecule has 2 fully saturated rings. The van der Waals surface area contributed by atoms with Gasteiger partial charge in [0.1, 0.15) is 0 Å². The van der Waals surface area contributed by atoms with Crippen LogP contribution in [0.5, 0.6) is 0 Å². The summed E-state index contributed by atoms with van der Waals surface area (Å²) >= 11 is 0. The Kier molecular flexibility index (Phi) is 5.70. The zero-order chi connectivity index (χ0) is 13.8. The minimum absolute atomic E-state index is 0.584. The van der Waals surface area contributed by atoms with Crippen LogP contribution < -0.4 is 11.3 Å². The lowest BCUT2D eigenvalue weighted by atomic mass is 9.69. The fraction of sp³-hybridized carbons (Fsp3) is 1.00. The summed E-state index contributed by atoms with van der Waals surface area (Å²) in [7, 11) is 0. The van der Waals surface area contributed by atoms with Gasteiger partial charge in [-0.1, -0.05) is 33.6 Å². The standard InChI is InChI=1S/C17H34N2/c1-12(2)14-8-10-16(11-9-14)17(19-18)15-6-4-13(3)5-7-15/h12-17,19H,4-11,18H2,1-3H3. The molecule has 0 spiro atoms. The maximum atomic E-state index is 5.91. The van der Waals surface area contributed by atoms with Crippen molar-refractivity contribution in [3.63, 3.8) is 0 Å². The average molecular weight is 266 g/mol. The van der Waals surface area contributed by atoms with Gasteiger partial charge >= 0.3 is 0 Å². The van der Waals surface area contributed by atoms with Crippen LogP contribution in [0.2, 0.25) is 0 Å². The van der Waals surface area contributed by atoms with Gasteiger partial charge < -0.3 is 0 Å². The molecule has 2 aliphatic carbocycles. The highest BCUT2D eigenvalue weighted by Crippen LogP contribution is 2.39. The molecule has 0 bridgehead atoms. The van der Waals surface area contributed by atoms with E-state index in [9.17, 15) is 0 Å². The van der Waals surface area contributed by atoms with Crippen molar-refractivity contribution >= 4 is 0 Å². The summed E-state index contributed by atoms with van der Waals surface area (Å²) in [6.07, 6.45) is 11.2. The van der Waals surface area contributed by atoms with Crippen molar-refractivity contribution in [1.29, 1.82) is 0 Å². The van der Waals surface area contributed by atoms with Crippen molar-refractivity contribution in [2.75, 3.05) is 0 Å². The fourth-order valence-corrected chi connectivity index (χ4v) is 4.47. The Morgan fingerprint density at radius 2 is 1.21 bits per heavy atom. The molecule has 2 rings (SSSR count). The average Bonchev–Trinajstić information content (AvgIpc) is 2.42. The van der Waals surface area contributed by atoms with Gasteiger partial charge in [0.2, 0.25) is 0 Å². The molecule has 0 aromatic heterocycles. The Hall–Kier alpha value is -0.0800. The SMILES string of the molecule is CC1CCC(C(NN)C2CCC(C(C)C)CC2)CC1. The number of nitrogens with one attached hydrogen (secondary N) is 1. The van der Waals surface area contributed by atoms with Gasteiger partial charge in [0, 0.05) is 6.04 Å². The molecule has 0 aliphatic heterocycles. The lowest BCUT2D eigenvalue weighted by Gasteiger charge is -2.40. The Morgan fingerprint density at radius 1 is 0.789 bits per heavy atom. The zero-order valence-electron chi connectivity index (χ0n) is 13.2. The normalized spacial score (nSPS) is 38.4. The van der Waals surface area contributed by atoms with Gasteiger partial charge in [0.05, 0.1) is 0 Å². The van der Waals surface area contributed by atoms with E-state index in [1.807, 2.05) is 0 Å². The van der Waals surface area contributed by atoms with Crippen LogP contribution in [0.25, 0.3) is 0 Å². The van der Waals surface area contributed by atoms with Crippen LogP contribution in [0, 0.1) is 29.6 Å². The second-order valence-corrected chi connectivity index (χ2v) is 7.63. The summed E-state index contributed by atoms with van der Waals surface area (Å²) in [5.41, 5.74) is 3.20. The van der Waals surface area contributed by atoms with E-state index in [1.165, 1.54) is 51.4 Å². The first kappa shape index (κ1) is 15.3. The number of hydrazine groups is 1. The smallest absolute Gasteiger partial charge is 0.0267 e. The van der Waals surface area contributed by atoms with Crippen LogP contribution in [0.4, 0.5) is 0 Å². The summed E-state index contributed by atoms with van der Waals surface area (Å²) in [5, 5.41) is 0. The van der Waals surface area contributed by atoms with Crippen LogP contribution >= 0.6 is 0 Å². The predicted octanol–water partition coefficient (Wildman–Crippen LogP) is 4.11. The van der Waals surface area contributed by atoms with E-state index in [1.54, 1.807) is 0 Å². The fourth-order valence-electron chi connectivity index (χ4n) is 4.47. The largest absolute Gasteiger partial charge is 0.271 e. The molecule has 0 amide bonds. The molecule has 1 atom stereocenters. The number of hydrogen-bond donors (Lipinski definition) is 2. The lowest BCUT2D eigenvalue weighted by molar-refractivity contribution is 0.129. The highest BCUT2D eigenvalue weighted by Gasteiger charge is 2.34. The van der Waals surface area contributed by atoms with Crippen LogP contribution in [-0.4, -0.2) is 6.04 Å². The summed E-state index contributed by atoms with van der Waals surface area (Å²) in [6.45, 7) is 7.16. The van der Waals surface area contributed by atoms with E-state index in [0.717, 1.165) is 29.6 Å². The minimum Gasteiger partial charge on any atom is -0.271 e. The minimum atomic E-state index is 0.584. The summed E-state index contributed by atoms with van der Waals surface area (Å²) in [4.78, 5) is 0. The molecule has 19 heavy (non-hydrogen) atoms. The summed E-state index contributed by atoms with van der Waals surface area (Å²) in [5.74, 6) is 10.3. The Labute approximate surface area is 119 Å².